The summed E-state index contributed by atoms with van der Waals surface area (Å²) >= 11 is 0. The van der Waals surface area contributed by atoms with Crippen LogP contribution >= 0.6 is 0 Å². The summed E-state index contributed by atoms with van der Waals surface area (Å²) in [6.07, 6.45) is 4.64. The van der Waals surface area contributed by atoms with Crippen LogP contribution in [-0.4, -0.2) is 84.0 Å². The molecule has 3 saturated heterocycles. The van der Waals surface area contributed by atoms with Gasteiger partial charge in [0.1, 0.15) is 23.5 Å². The Balaban J connectivity index is 1.43. The molecule has 1 atom stereocenters. The van der Waals surface area contributed by atoms with Gasteiger partial charge in [0.2, 0.25) is 0 Å². The predicted molar refractivity (Wildman–Crippen MR) is 93.1 cm³/mol. The number of ether oxygens (including phenoxy) is 1. The van der Waals surface area contributed by atoms with Crippen molar-refractivity contribution in [3.63, 3.8) is 0 Å². The minimum Gasteiger partial charge on any atom is -0.480 e. The first-order valence-corrected chi connectivity index (χ1v) is 9.07. The molecule has 3 aliphatic rings. The lowest BCUT2D eigenvalue weighted by Gasteiger charge is -2.42. The normalized spacial score (nSPS) is 27.8. The van der Waals surface area contributed by atoms with Gasteiger partial charge in [0.25, 0.3) is 0 Å². The molecule has 0 aromatic carbocycles. The summed E-state index contributed by atoms with van der Waals surface area (Å²) in [5.41, 5.74) is -0.849. The zero-order valence-corrected chi connectivity index (χ0v) is 14.4. The average Bonchev–Trinajstić information content (AvgIpc) is 3.34. The van der Waals surface area contributed by atoms with E-state index in [-0.39, 0.29) is 6.61 Å². The first-order valence-electron chi connectivity index (χ1n) is 9.07. The van der Waals surface area contributed by atoms with Crippen LogP contribution in [0.5, 0.6) is 0 Å². The summed E-state index contributed by atoms with van der Waals surface area (Å²) in [6.45, 7) is 5.89. The van der Waals surface area contributed by atoms with Crippen molar-refractivity contribution in [2.45, 2.75) is 24.8 Å². The van der Waals surface area contributed by atoms with Gasteiger partial charge in [0.05, 0.1) is 6.61 Å². The number of rotatable bonds is 4. The van der Waals surface area contributed by atoms with Gasteiger partial charge in [-0.15, -0.1) is 0 Å². The molecular formula is C17H25N5O3. The van der Waals surface area contributed by atoms with Gasteiger partial charge in [-0.25, -0.2) is 9.97 Å². The molecule has 0 spiro atoms. The van der Waals surface area contributed by atoms with Gasteiger partial charge in [-0.05, 0) is 12.8 Å². The number of piperazine rings is 1. The van der Waals surface area contributed by atoms with Gasteiger partial charge in [0, 0.05) is 58.4 Å². The molecule has 1 N–H and O–H groups in total. The minimum absolute atomic E-state index is 0.287. The second-order valence-electron chi connectivity index (χ2n) is 7.04. The zero-order valence-electron chi connectivity index (χ0n) is 14.4. The highest BCUT2D eigenvalue weighted by Gasteiger charge is 2.48. The van der Waals surface area contributed by atoms with E-state index in [1.807, 2.05) is 0 Å². The van der Waals surface area contributed by atoms with Crippen molar-refractivity contribution in [1.82, 2.24) is 14.9 Å². The number of carboxylic acid groups (broad SMARTS) is 1. The third-order valence-electron chi connectivity index (χ3n) is 5.68. The van der Waals surface area contributed by atoms with Gasteiger partial charge in [-0.3, -0.25) is 9.69 Å². The van der Waals surface area contributed by atoms with Gasteiger partial charge in [-0.1, -0.05) is 0 Å². The van der Waals surface area contributed by atoms with Crippen molar-refractivity contribution < 1.29 is 14.6 Å². The fraction of sp³-hybridized carbons (Fsp3) is 0.706. The molecule has 0 bridgehead atoms. The predicted octanol–water partition coefficient (Wildman–Crippen LogP) is 0.442. The number of carbonyl (C=O) groups is 1. The number of aromatic nitrogens is 2. The molecular weight excluding hydrogens is 322 g/mol. The van der Waals surface area contributed by atoms with E-state index < -0.39 is 11.5 Å². The number of anilines is 2. The van der Waals surface area contributed by atoms with E-state index in [4.69, 9.17) is 4.74 Å². The summed E-state index contributed by atoms with van der Waals surface area (Å²) in [7, 11) is 0. The van der Waals surface area contributed by atoms with Crippen LogP contribution in [0.2, 0.25) is 0 Å². The number of aliphatic carboxylic acids is 1. The SMILES string of the molecule is O=C(O)C1(N2CCN(c3cc(N4CCCC4)ncn3)CC2)CCOC1. The molecule has 0 saturated carbocycles. The largest absolute Gasteiger partial charge is 0.480 e. The highest BCUT2D eigenvalue weighted by Crippen LogP contribution is 2.29. The fourth-order valence-electron chi connectivity index (χ4n) is 4.10. The molecule has 3 fully saturated rings. The molecule has 8 nitrogen and oxygen atoms in total. The third-order valence-corrected chi connectivity index (χ3v) is 5.68. The molecule has 1 aromatic rings. The van der Waals surface area contributed by atoms with Crippen molar-refractivity contribution in [2.24, 2.45) is 0 Å². The van der Waals surface area contributed by atoms with Crippen LogP contribution in [0.15, 0.2) is 12.4 Å². The van der Waals surface area contributed by atoms with Crippen LogP contribution in [0, 0.1) is 0 Å². The number of carboxylic acids is 1. The minimum atomic E-state index is -0.849. The highest BCUT2D eigenvalue weighted by molar-refractivity contribution is 5.79. The first-order chi connectivity index (χ1) is 12.2. The second kappa shape index (κ2) is 6.76. The first kappa shape index (κ1) is 16.5. The van der Waals surface area contributed by atoms with E-state index in [1.54, 1.807) is 6.33 Å². The molecule has 0 radical (unpaired) electrons. The Bertz CT molecular complexity index is 620. The standard InChI is InChI=1S/C17H25N5O3/c23-16(24)17(3-10-25-12-17)22-8-6-21(7-9-22)15-11-14(18-13-19-15)20-4-1-2-5-20/h11,13H,1-10,12H2,(H,23,24). The van der Waals surface area contributed by atoms with Crippen LogP contribution in [0.3, 0.4) is 0 Å². The van der Waals surface area contributed by atoms with Crippen LogP contribution in [-0.2, 0) is 9.53 Å². The van der Waals surface area contributed by atoms with E-state index in [0.29, 0.717) is 26.1 Å². The topological polar surface area (TPSA) is 82.0 Å². The summed E-state index contributed by atoms with van der Waals surface area (Å²) in [6, 6.07) is 2.06. The van der Waals surface area contributed by atoms with E-state index in [1.165, 1.54) is 12.8 Å². The van der Waals surface area contributed by atoms with Crippen LogP contribution in [0.25, 0.3) is 0 Å². The zero-order chi connectivity index (χ0) is 17.3. The summed E-state index contributed by atoms with van der Waals surface area (Å²) in [5, 5.41) is 9.70. The lowest BCUT2D eigenvalue weighted by atomic mass is 9.95. The monoisotopic (exact) mass is 347 g/mol. The van der Waals surface area contributed by atoms with E-state index in [2.05, 4.69) is 30.7 Å². The molecule has 3 aliphatic heterocycles. The molecule has 136 valence electrons. The van der Waals surface area contributed by atoms with Crippen molar-refractivity contribution in [2.75, 3.05) is 62.3 Å². The van der Waals surface area contributed by atoms with Crippen LogP contribution in [0.1, 0.15) is 19.3 Å². The maximum absolute atomic E-state index is 11.8. The maximum atomic E-state index is 11.8. The van der Waals surface area contributed by atoms with Crippen molar-refractivity contribution in [3.05, 3.63) is 12.4 Å². The Hall–Kier alpha value is -1.93. The van der Waals surface area contributed by atoms with E-state index in [0.717, 1.165) is 37.8 Å². The van der Waals surface area contributed by atoms with Crippen molar-refractivity contribution >= 4 is 17.6 Å². The molecule has 8 heteroatoms. The van der Waals surface area contributed by atoms with Crippen molar-refractivity contribution in [3.8, 4) is 0 Å². The summed E-state index contributed by atoms with van der Waals surface area (Å²) in [4.78, 5) is 27.3. The summed E-state index contributed by atoms with van der Waals surface area (Å²) in [5.74, 6) is 1.16. The Kier molecular flexibility index (Phi) is 4.47. The number of hydrogen-bond acceptors (Lipinski definition) is 7. The molecule has 4 rings (SSSR count). The van der Waals surface area contributed by atoms with Gasteiger partial charge < -0.3 is 19.6 Å². The molecule has 4 heterocycles. The lowest BCUT2D eigenvalue weighted by Crippen LogP contribution is -2.61. The smallest absolute Gasteiger partial charge is 0.326 e. The fourth-order valence-corrected chi connectivity index (χ4v) is 4.10. The number of nitrogens with zero attached hydrogens (tertiary/aromatic N) is 5. The quantitative estimate of drug-likeness (QED) is 0.840. The molecule has 25 heavy (non-hydrogen) atoms. The van der Waals surface area contributed by atoms with Gasteiger partial charge in [0.15, 0.2) is 0 Å². The van der Waals surface area contributed by atoms with E-state index >= 15 is 0 Å². The second-order valence-corrected chi connectivity index (χ2v) is 7.04. The van der Waals surface area contributed by atoms with Crippen molar-refractivity contribution in [1.29, 1.82) is 0 Å². The van der Waals surface area contributed by atoms with E-state index in [9.17, 15) is 9.90 Å². The van der Waals surface area contributed by atoms with Gasteiger partial charge >= 0.3 is 5.97 Å². The summed E-state index contributed by atoms with van der Waals surface area (Å²) < 4.78 is 5.40. The Labute approximate surface area is 147 Å². The molecule has 0 amide bonds. The number of hydrogen-bond donors (Lipinski definition) is 1. The average molecular weight is 347 g/mol. The molecule has 1 unspecified atom stereocenters. The lowest BCUT2D eigenvalue weighted by molar-refractivity contribution is -0.152. The third kappa shape index (κ3) is 3.04. The Morgan fingerprint density at radius 2 is 1.68 bits per heavy atom. The molecule has 0 aliphatic carbocycles. The Morgan fingerprint density at radius 3 is 2.24 bits per heavy atom. The van der Waals surface area contributed by atoms with Crippen LogP contribution < -0.4 is 9.80 Å². The highest BCUT2D eigenvalue weighted by atomic mass is 16.5. The molecule has 1 aromatic heterocycles. The maximum Gasteiger partial charge on any atom is 0.326 e. The van der Waals surface area contributed by atoms with Gasteiger partial charge in [-0.2, -0.15) is 0 Å². The van der Waals surface area contributed by atoms with Crippen LogP contribution in [0.4, 0.5) is 11.6 Å². The Morgan fingerprint density at radius 1 is 1.04 bits per heavy atom.